The topological polar surface area (TPSA) is 89.7 Å². The molecule has 1 aromatic carbocycles. The van der Waals surface area contributed by atoms with Gasteiger partial charge in [0.05, 0.1) is 11.5 Å². The van der Waals surface area contributed by atoms with Gasteiger partial charge in [0.15, 0.2) is 9.84 Å². The highest BCUT2D eigenvalue weighted by Gasteiger charge is 2.13. The van der Waals surface area contributed by atoms with Crippen molar-refractivity contribution in [2.24, 2.45) is 5.73 Å². The second kappa shape index (κ2) is 9.75. The van der Waals surface area contributed by atoms with Crippen molar-refractivity contribution in [1.82, 2.24) is 4.90 Å². The summed E-state index contributed by atoms with van der Waals surface area (Å²) in [4.78, 5) is 13.8. The van der Waals surface area contributed by atoms with E-state index in [2.05, 4.69) is 0 Å². The fourth-order valence-electron chi connectivity index (χ4n) is 1.78. The molecule has 0 heterocycles. The molecule has 1 unspecified atom stereocenters. The van der Waals surface area contributed by atoms with Crippen molar-refractivity contribution in [3.63, 3.8) is 0 Å². The van der Waals surface area contributed by atoms with Crippen molar-refractivity contribution in [3.8, 4) is 5.75 Å². The number of hydrogen-bond donors (Lipinski definition) is 1. The molecule has 23 heavy (non-hydrogen) atoms. The first kappa shape index (κ1) is 21.7. The molecule has 6 nitrogen and oxygen atoms in total. The van der Waals surface area contributed by atoms with E-state index in [-0.39, 0.29) is 29.3 Å². The van der Waals surface area contributed by atoms with Gasteiger partial charge in [-0.25, -0.2) is 8.42 Å². The molecule has 1 rings (SSSR count). The van der Waals surface area contributed by atoms with Crippen LogP contribution in [0.25, 0.3) is 0 Å². The number of hydrogen-bond acceptors (Lipinski definition) is 5. The summed E-state index contributed by atoms with van der Waals surface area (Å²) < 4.78 is 28.2. The SMILES string of the molecule is CC(CN)N(C)C(=O)CCCOc1ccc(S(C)(=O)=O)cc1.Cl. The van der Waals surface area contributed by atoms with E-state index in [1.54, 1.807) is 24.1 Å². The van der Waals surface area contributed by atoms with Crippen LogP contribution in [0.3, 0.4) is 0 Å². The zero-order valence-corrected chi connectivity index (χ0v) is 15.3. The summed E-state index contributed by atoms with van der Waals surface area (Å²) in [6, 6.07) is 6.26. The minimum absolute atomic E-state index is 0. The Bertz CT molecular complexity index is 590. The number of nitrogens with zero attached hydrogens (tertiary/aromatic N) is 1. The summed E-state index contributed by atoms with van der Waals surface area (Å²) in [6.07, 6.45) is 2.14. The van der Waals surface area contributed by atoms with E-state index >= 15 is 0 Å². The van der Waals surface area contributed by atoms with Gasteiger partial charge in [-0.3, -0.25) is 4.79 Å². The quantitative estimate of drug-likeness (QED) is 0.705. The number of nitrogens with two attached hydrogens (primary N) is 1. The molecule has 8 heteroatoms. The van der Waals surface area contributed by atoms with Gasteiger partial charge in [0.1, 0.15) is 5.75 Å². The molecular formula is C15H25ClN2O4S. The molecule has 0 aliphatic heterocycles. The molecule has 0 aliphatic rings. The predicted octanol–water partition coefficient (Wildman–Crippen LogP) is 1.48. The van der Waals surface area contributed by atoms with Gasteiger partial charge in [0.2, 0.25) is 5.91 Å². The van der Waals surface area contributed by atoms with Crippen molar-refractivity contribution in [1.29, 1.82) is 0 Å². The predicted molar refractivity (Wildman–Crippen MR) is 92.8 cm³/mol. The summed E-state index contributed by atoms with van der Waals surface area (Å²) >= 11 is 0. The van der Waals surface area contributed by atoms with Gasteiger partial charge >= 0.3 is 0 Å². The van der Waals surface area contributed by atoms with Crippen LogP contribution in [0.15, 0.2) is 29.2 Å². The largest absolute Gasteiger partial charge is 0.494 e. The number of halogens is 1. The Hall–Kier alpha value is -1.31. The van der Waals surface area contributed by atoms with Gasteiger partial charge in [0, 0.05) is 32.3 Å². The first-order valence-corrected chi connectivity index (χ1v) is 9.03. The van der Waals surface area contributed by atoms with Gasteiger partial charge in [-0.15, -0.1) is 12.4 Å². The van der Waals surface area contributed by atoms with Crippen molar-refractivity contribution in [3.05, 3.63) is 24.3 Å². The van der Waals surface area contributed by atoms with E-state index in [4.69, 9.17) is 10.5 Å². The fourth-order valence-corrected chi connectivity index (χ4v) is 2.41. The molecule has 1 amide bonds. The Morgan fingerprint density at radius 2 is 1.87 bits per heavy atom. The number of rotatable bonds is 8. The Kier molecular flexibility index (Phi) is 9.19. The lowest BCUT2D eigenvalue weighted by Crippen LogP contribution is -2.39. The zero-order valence-electron chi connectivity index (χ0n) is 13.7. The number of sulfone groups is 1. The van der Waals surface area contributed by atoms with Crippen molar-refractivity contribution < 1.29 is 17.9 Å². The summed E-state index contributed by atoms with van der Waals surface area (Å²) in [5.41, 5.74) is 5.52. The highest BCUT2D eigenvalue weighted by atomic mass is 35.5. The maximum Gasteiger partial charge on any atom is 0.222 e. The number of carbonyl (C=O) groups excluding carboxylic acids is 1. The van der Waals surface area contributed by atoms with Crippen molar-refractivity contribution in [2.75, 3.05) is 26.5 Å². The van der Waals surface area contributed by atoms with E-state index < -0.39 is 9.84 Å². The van der Waals surface area contributed by atoms with Gasteiger partial charge in [-0.05, 0) is 37.6 Å². The Balaban J connectivity index is 0.00000484. The van der Waals surface area contributed by atoms with Gasteiger partial charge in [0.25, 0.3) is 0 Å². The standard InChI is InChI=1S/C15H24N2O4S.ClH/c1-12(11-16)17(2)15(18)5-4-10-21-13-6-8-14(9-7-13)22(3,19)20;/h6-9,12H,4-5,10-11,16H2,1-3H3;1H. The molecule has 0 saturated heterocycles. The summed E-state index contributed by atoms with van der Waals surface area (Å²) in [5, 5.41) is 0. The van der Waals surface area contributed by atoms with E-state index in [9.17, 15) is 13.2 Å². The van der Waals surface area contributed by atoms with Crippen LogP contribution < -0.4 is 10.5 Å². The summed E-state index contributed by atoms with van der Waals surface area (Å²) in [5.74, 6) is 0.623. The van der Waals surface area contributed by atoms with Crippen LogP contribution in [0.4, 0.5) is 0 Å². The minimum Gasteiger partial charge on any atom is -0.494 e. The number of amides is 1. The maximum absolute atomic E-state index is 11.9. The van der Waals surface area contributed by atoms with Crippen LogP contribution in [0.5, 0.6) is 5.75 Å². The molecule has 0 saturated carbocycles. The Morgan fingerprint density at radius 1 is 1.30 bits per heavy atom. The van der Waals surface area contributed by atoms with E-state index in [0.717, 1.165) is 6.26 Å². The Labute approximate surface area is 144 Å². The molecule has 0 fully saturated rings. The molecule has 0 spiro atoms. The van der Waals surface area contributed by atoms with Crippen LogP contribution in [-0.2, 0) is 14.6 Å². The normalized spacial score (nSPS) is 12.2. The number of benzene rings is 1. The zero-order chi connectivity index (χ0) is 16.8. The number of ether oxygens (including phenoxy) is 1. The van der Waals surface area contributed by atoms with Gasteiger partial charge < -0.3 is 15.4 Å². The smallest absolute Gasteiger partial charge is 0.222 e. The maximum atomic E-state index is 11.9. The summed E-state index contributed by atoms with van der Waals surface area (Å²) in [7, 11) is -1.45. The highest BCUT2D eigenvalue weighted by molar-refractivity contribution is 7.90. The van der Waals surface area contributed by atoms with Crippen LogP contribution in [0, 0.1) is 0 Å². The number of carbonyl (C=O) groups is 1. The minimum atomic E-state index is -3.19. The van der Waals surface area contributed by atoms with E-state index in [0.29, 0.717) is 31.7 Å². The van der Waals surface area contributed by atoms with Crippen LogP contribution in [-0.4, -0.2) is 51.7 Å². The molecule has 2 N–H and O–H groups in total. The molecule has 1 atom stereocenters. The average molecular weight is 365 g/mol. The average Bonchev–Trinajstić information content (AvgIpc) is 2.49. The third kappa shape index (κ3) is 7.20. The molecule has 0 radical (unpaired) electrons. The van der Waals surface area contributed by atoms with Crippen LogP contribution in [0.2, 0.25) is 0 Å². The molecule has 0 bridgehead atoms. The van der Waals surface area contributed by atoms with Crippen LogP contribution in [0.1, 0.15) is 19.8 Å². The molecule has 0 aromatic heterocycles. The molecular weight excluding hydrogens is 340 g/mol. The third-order valence-corrected chi connectivity index (χ3v) is 4.58. The fraction of sp³-hybridized carbons (Fsp3) is 0.533. The second-order valence-electron chi connectivity index (χ2n) is 5.28. The van der Waals surface area contributed by atoms with Crippen molar-refractivity contribution in [2.45, 2.75) is 30.7 Å². The third-order valence-electron chi connectivity index (χ3n) is 3.45. The molecule has 132 valence electrons. The Morgan fingerprint density at radius 3 is 2.35 bits per heavy atom. The van der Waals surface area contributed by atoms with Crippen molar-refractivity contribution >= 4 is 28.2 Å². The monoisotopic (exact) mass is 364 g/mol. The van der Waals surface area contributed by atoms with E-state index in [1.165, 1.54) is 12.1 Å². The van der Waals surface area contributed by atoms with Gasteiger partial charge in [-0.2, -0.15) is 0 Å². The highest BCUT2D eigenvalue weighted by Crippen LogP contribution is 2.16. The number of likely N-dealkylation sites (N-methyl/N-ethyl adjacent to an activating group) is 1. The van der Waals surface area contributed by atoms with Crippen LogP contribution >= 0.6 is 12.4 Å². The molecule has 1 aromatic rings. The lowest BCUT2D eigenvalue weighted by atomic mass is 10.2. The first-order valence-electron chi connectivity index (χ1n) is 7.14. The molecule has 0 aliphatic carbocycles. The second-order valence-corrected chi connectivity index (χ2v) is 7.30. The summed E-state index contributed by atoms with van der Waals surface area (Å²) in [6.45, 7) is 2.73. The van der Waals surface area contributed by atoms with E-state index in [1.807, 2.05) is 6.92 Å². The lowest BCUT2D eigenvalue weighted by Gasteiger charge is -2.23. The first-order chi connectivity index (χ1) is 10.3. The van der Waals surface area contributed by atoms with Gasteiger partial charge in [-0.1, -0.05) is 0 Å². The lowest BCUT2D eigenvalue weighted by molar-refractivity contribution is -0.131.